The first-order valence-corrected chi connectivity index (χ1v) is 6.85. The van der Waals surface area contributed by atoms with Crippen molar-refractivity contribution in [1.29, 1.82) is 0 Å². The first-order chi connectivity index (χ1) is 8.33. The van der Waals surface area contributed by atoms with E-state index in [1.165, 1.54) is 21.2 Å². The molecule has 1 aromatic carbocycles. The second kappa shape index (κ2) is 4.46. The largest absolute Gasteiger partial charge is 0.299 e. The number of allylic oxidation sites excluding steroid dienone is 2. The number of rotatable bonds is 2. The van der Waals surface area contributed by atoms with E-state index in [0.717, 1.165) is 19.3 Å². The van der Waals surface area contributed by atoms with Crippen molar-refractivity contribution in [2.24, 2.45) is 0 Å². The lowest BCUT2D eigenvalue weighted by molar-refractivity contribution is -0.118. The lowest BCUT2D eigenvalue weighted by atomic mass is 9.93. The summed E-state index contributed by atoms with van der Waals surface area (Å²) in [6, 6.07) is 8.54. The zero-order valence-electron chi connectivity index (χ0n) is 9.61. The molecule has 1 aliphatic rings. The second-order valence-corrected chi connectivity index (χ2v) is 5.45. The van der Waals surface area contributed by atoms with Gasteiger partial charge in [-0.15, -0.1) is 11.3 Å². The average Bonchev–Trinajstić information content (AvgIpc) is 2.76. The first-order valence-electron chi connectivity index (χ1n) is 5.97. The summed E-state index contributed by atoms with van der Waals surface area (Å²) < 4.78 is 1.36. The fourth-order valence-corrected chi connectivity index (χ4v) is 3.30. The molecule has 1 heterocycles. The van der Waals surface area contributed by atoms with Crippen LogP contribution in [0.5, 0.6) is 0 Å². The summed E-state index contributed by atoms with van der Waals surface area (Å²) in [6.07, 6.45) is 5.45. The number of fused-ring (bicyclic) bond motifs is 1. The predicted molar refractivity (Wildman–Crippen MR) is 72.5 cm³/mol. The van der Waals surface area contributed by atoms with Crippen LogP contribution in [0.25, 0.3) is 10.1 Å². The van der Waals surface area contributed by atoms with Crippen molar-refractivity contribution >= 4 is 27.2 Å². The molecule has 86 valence electrons. The monoisotopic (exact) mass is 242 g/mol. The Bertz CT molecular complexity index is 592. The van der Waals surface area contributed by atoms with Gasteiger partial charge in [-0.05, 0) is 35.2 Å². The van der Waals surface area contributed by atoms with E-state index in [1.807, 2.05) is 11.3 Å². The fourth-order valence-electron chi connectivity index (χ4n) is 2.34. The maximum Gasteiger partial charge on any atom is 0.136 e. The van der Waals surface area contributed by atoms with Crippen LogP contribution in [0.1, 0.15) is 24.8 Å². The molecule has 0 N–H and O–H groups in total. The molecule has 0 radical (unpaired) electrons. The van der Waals surface area contributed by atoms with Gasteiger partial charge in [-0.3, -0.25) is 4.79 Å². The van der Waals surface area contributed by atoms with Crippen LogP contribution in [0.3, 0.4) is 0 Å². The molecule has 0 saturated heterocycles. The first kappa shape index (κ1) is 10.7. The SMILES string of the molecule is O=C1CC=C(Cc2csc3ccccc23)CC1. The van der Waals surface area contributed by atoms with Gasteiger partial charge in [0.15, 0.2) is 0 Å². The number of benzene rings is 1. The zero-order chi connectivity index (χ0) is 11.7. The van der Waals surface area contributed by atoms with Gasteiger partial charge in [0.25, 0.3) is 0 Å². The van der Waals surface area contributed by atoms with Crippen molar-refractivity contribution in [3.63, 3.8) is 0 Å². The zero-order valence-corrected chi connectivity index (χ0v) is 10.4. The van der Waals surface area contributed by atoms with Gasteiger partial charge >= 0.3 is 0 Å². The van der Waals surface area contributed by atoms with Gasteiger partial charge in [-0.1, -0.05) is 29.8 Å². The lowest BCUT2D eigenvalue weighted by Crippen LogP contribution is -2.04. The number of hydrogen-bond donors (Lipinski definition) is 0. The third-order valence-electron chi connectivity index (χ3n) is 3.32. The Hall–Kier alpha value is -1.41. The summed E-state index contributed by atoms with van der Waals surface area (Å²) >= 11 is 1.81. The Morgan fingerprint density at radius 3 is 2.88 bits per heavy atom. The predicted octanol–water partition coefficient (Wildman–Crippen LogP) is 4.12. The number of Topliss-reactive ketones (excluding diaryl/α,β-unsaturated/α-hetero) is 1. The third-order valence-corrected chi connectivity index (χ3v) is 4.33. The Morgan fingerprint density at radius 1 is 1.18 bits per heavy atom. The van der Waals surface area contributed by atoms with Gasteiger partial charge in [0.2, 0.25) is 0 Å². The van der Waals surface area contributed by atoms with Crippen LogP contribution in [-0.2, 0) is 11.2 Å². The van der Waals surface area contributed by atoms with E-state index < -0.39 is 0 Å². The van der Waals surface area contributed by atoms with Gasteiger partial charge in [0.05, 0.1) is 0 Å². The van der Waals surface area contributed by atoms with Crippen LogP contribution in [0.15, 0.2) is 41.3 Å². The van der Waals surface area contributed by atoms with Crippen molar-refractivity contribution < 1.29 is 4.79 Å². The van der Waals surface area contributed by atoms with Crippen molar-refractivity contribution in [2.45, 2.75) is 25.7 Å². The van der Waals surface area contributed by atoms with Gasteiger partial charge in [0.1, 0.15) is 5.78 Å². The number of thiophene rings is 1. The minimum atomic E-state index is 0.379. The van der Waals surface area contributed by atoms with Crippen LogP contribution in [0.2, 0.25) is 0 Å². The van der Waals surface area contributed by atoms with Crippen LogP contribution in [0.4, 0.5) is 0 Å². The standard InChI is InChI=1S/C15H14OS/c16-13-7-5-11(6-8-13)9-12-10-17-15-4-2-1-3-14(12)15/h1-5,10H,6-9H2. The summed E-state index contributed by atoms with van der Waals surface area (Å²) in [5.74, 6) is 0.379. The minimum Gasteiger partial charge on any atom is -0.299 e. The Kier molecular flexibility index (Phi) is 2.81. The number of hydrogen-bond acceptors (Lipinski definition) is 2. The molecule has 1 aliphatic carbocycles. The third kappa shape index (κ3) is 2.18. The highest BCUT2D eigenvalue weighted by atomic mass is 32.1. The summed E-state index contributed by atoms with van der Waals surface area (Å²) in [7, 11) is 0. The molecule has 3 rings (SSSR count). The van der Waals surface area contributed by atoms with Gasteiger partial charge < -0.3 is 0 Å². The summed E-state index contributed by atoms with van der Waals surface area (Å²) in [6.45, 7) is 0. The summed E-state index contributed by atoms with van der Waals surface area (Å²) in [5, 5.41) is 3.62. The molecule has 17 heavy (non-hydrogen) atoms. The summed E-state index contributed by atoms with van der Waals surface area (Å²) in [5.41, 5.74) is 2.83. The highest BCUT2D eigenvalue weighted by Gasteiger charge is 2.12. The molecule has 1 nitrogen and oxygen atoms in total. The van der Waals surface area contributed by atoms with Gasteiger partial charge in [-0.25, -0.2) is 0 Å². The number of carbonyl (C=O) groups excluding carboxylic acids is 1. The molecule has 0 fully saturated rings. The van der Waals surface area contributed by atoms with E-state index in [2.05, 4.69) is 35.7 Å². The molecule has 0 unspecified atom stereocenters. The number of carbonyl (C=O) groups is 1. The molecule has 0 spiro atoms. The lowest BCUT2D eigenvalue weighted by Gasteiger charge is -2.11. The van der Waals surface area contributed by atoms with E-state index in [1.54, 1.807) is 0 Å². The van der Waals surface area contributed by atoms with Crippen LogP contribution < -0.4 is 0 Å². The van der Waals surface area contributed by atoms with Crippen LogP contribution in [0, 0.1) is 0 Å². The quantitative estimate of drug-likeness (QED) is 0.724. The molecule has 0 saturated carbocycles. The molecule has 2 heteroatoms. The Balaban J connectivity index is 1.88. The molecule has 0 bridgehead atoms. The molecule has 0 amide bonds. The Labute approximate surface area is 105 Å². The summed E-state index contributed by atoms with van der Waals surface area (Å²) in [4.78, 5) is 11.2. The van der Waals surface area contributed by atoms with E-state index >= 15 is 0 Å². The highest BCUT2D eigenvalue weighted by molar-refractivity contribution is 7.17. The molecule has 0 aliphatic heterocycles. The smallest absolute Gasteiger partial charge is 0.136 e. The normalized spacial score (nSPS) is 16.2. The van der Waals surface area contributed by atoms with Gasteiger partial charge in [0, 0.05) is 17.5 Å². The maximum absolute atomic E-state index is 11.2. The van der Waals surface area contributed by atoms with Crippen molar-refractivity contribution in [3.05, 3.63) is 46.9 Å². The van der Waals surface area contributed by atoms with Crippen molar-refractivity contribution in [1.82, 2.24) is 0 Å². The fraction of sp³-hybridized carbons (Fsp3) is 0.267. The molecule has 2 aromatic rings. The van der Waals surface area contributed by atoms with E-state index in [4.69, 9.17) is 0 Å². The van der Waals surface area contributed by atoms with Crippen molar-refractivity contribution in [3.8, 4) is 0 Å². The molecular formula is C15H14OS. The molecular weight excluding hydrogens is 228 g/mol. The average molecular weight is 242 g/mol. The van der Waals surface area contributed by atoms with Crippen LogP contribution in [-0.4, -0.2) is 5.78 Å². The minimum absolute atomic E-state index is 0.379. The second-order valence-electron chi connectivity index (χ2n) is 4.54. The topological polar surface area (TPSA) is 17.1 Å². The Morgan fingerprint density at radius 2 is 2.06 bits per heavy atom. The van der Waals surface area contributed by atoms with E-state index in [9.17, 15) is 4.79 Å². The maximum atomic E-state index is 11.2. The number of ketones is 1. The molecule has 0 atom stereocenters. The van der Waals surface area contributed by atoms with Crippen LogP contribution >= 0.6 is 11.3 Å². The van der Waals surface area contributed by atoms with Gasteiger partial charge in [-0.2, -0.15) is 0 Å². The van der Waals surface area contributed by atoms with E-state index in [0.29, 0.717) is 12.2 Å². The van der Waals surface area contributed by atoms with E-state index in [-0.39, 0.29) is 0 Å². The molecule has 1 aromatic heterocycles. The highest BCUT2D eigenvalue weighted by Crippen LogP contribution is 2.29. The van der Waals surface area contributed by atoms with Crippen molar-refractivity contribution in [2.75, 3.05) is 0 Å².